The van der Waals surface area contributed by atoms with Crippen molar-refractivity contribution in [1.29, 1.82) is 5.26 Å². The van der Waals surface area contributed by atoms with Crippen LogP contribution in [0.2, 0.25) is 5.02 Å². The van der Waals surface area contributed by atoms with Crippen molar-refractivity contribution in [3.8, 4) is 6.07 Å². The SMILES string of the molecule is N#Cc1cc(NC2CCCNCC2)ccc1Cl. The Labute approximate surface area is 107 Å². The molecule has 2 rings (SSSR count). The predicted octanol–water partition coefficient (Wildman–Crippen LogP) is 2.77. The zero-order chi connectivity index (χ0) is 12.1. The molecule has 1 aliphatic rings. The number of nitriles is 1. The zero-order valence-corrected chi connectivity index (χ0v) is 10.4. The molecule has 0 amide bonds. The van der Waals surface area contributed by atoms with Gasteiger partial charge in [0.25, 0.3) is 0 Å². The van der Waals surface area contributed by atoms with Crippen molar-refractivity contribution in [2.75, 3.05) is 18.4 Å². The maximum Gasteiger partial charge on any atom is 0.101 e. The lowest BCUT2D eigenvalue weighted by Gasteiger charge is -2.17. The van der Waals surface area contributed by atoms with E-state index in [0.717, 1.165) is 31.6 Å². The highest BCUT2D eigenvalue weighted by Gasteiger charge is 2.12. The van der Waals surface area contributed by atoms with Gasteiger partial charge in [0.2, 0.25) is 0 Å². The molecule has 0 bridgehead atoms. The summed E-state index contributed by atoms with van der Waals surface area (Å²) in [5.41, 5.74) is 1.52. The van der Waals surface area contributed by atoms with Gasteiger partial charge in [0.1, 0.15) is 6.07 Å². The number of hydrogen-bond donors (Lipinski definition) is 2. The number of hydrogen-bond acceptors (Lipinski definition) is 3. The first-order chi connectivity index (χ1) is 8.29. The van der Waals surface area contributed by atoms with Crippen LogP contribution in [0.25, 0.3) is 0 Å². The van der Waals surface area contributed by atoms with Crippen LogP contribution in [0.3, 0.4) is 0 Å². The first-order valence-corrected chi connectivity index (χ1v) is 6.34. The Morgan fingerprint density at radius 2 is 2.24 bits per heavy atom. The standard InChI is InChI=1S/C13H16ClN3/c14-13-4-3-12(8-10(13)9-15)17-11-2-1-6-16-7-5-11/h3-4,8,11,16-17H,1-2,5-7H2. The van der Waals surface area contributed by atoms with Crippen molar-refractivity contribution in [2.45, 2.75) is 25.3 Å². The predicted molar refractivity (Wildman–Crippen MR) is 70.3 cm³/mol. The molecule has 1 aromatic carbocycles. The van der Waals surface area contributed by atoms with Crippen LogP contribution >= 0.6 is 11.6 Å². The lowest BCUT2D eigenvalue weighted by atomic mass is 10.1. The number of rotatable bonds is 2. The molecule has 1 unspecified atom stereocenters. The van der Waals surface area contributed by atoms with Gasteiger partial charge in [-0.05, 0) is 50.6 Å². The monoisotopic (exact) mass is 249 g/mol. The first-order valence-electron chi connectivity index (χ1n) is 5.96. The van der Waals surface area contributed by atoms with Gasteiger partial charge < -0.3 is 10.6 Å². The summed E-state index contributed by atoms with van der Waals surface area (Å²) in [6.45, 7) is 2.15. The zero-order valence-electron chi connectivity index (χ0n) is 9.67. The molecule has 0 spiro atoms. The van der Waals surface area contributed by atoms with E-state index in [1.54, 1.807) is 6.07 Å². The van der Waals surface area contributed by atoms with Gasteiger partial charge in [-0.1, -0.05) is 11.6 Å². The topological polar surface area (TPSA) is 47.9 Å². The largest absolute Gasteiger partial charge is 0.382 e. The van der Waals surface area contributed by atoms with Crippen molar-refractivity contribution in [3.63, 3.8) is 0 Å². The minimum atomic E-state index is 0.484. The van der Waals surface area contributed by atoms with Crippen LogP contribution in [0, 0.1) is 11.3 Å². The Bertz CT molecular complexity index is 417. The van der Waals surface area contributed by atoms with Crippen LogP contribution in [0.15, 0.2) is 18.2 Å². The lowest BCUT2D eigenvalue weighted by Crippen LogP contribution is -2.21. The highest BCUT2D eigenvalue weighted by molar-refractivity contribution is 6.31. The molecule has 1 heterocycles. The summed E-state index contributed by atoms with van der Waals surface area (Å²) >= 11 is 5.90. The summed E-state index contributed by atoms with van der Waals surface area (Å²) in [5, 5.41) is 16.3. The molecule has 0 radical (unpaired) electrons. The number of anilines is 1. The Balaban J connectivity index is 2.05. The summed E-state index contributed by atoms with van der Waals surface area (Å²) < 4.78 is 0. The fourth-order valence-corrected chi connectivity index (χ4v) is 2.26. The first kappa shape index (κ1) is 12.2. The van der Waals surface area contributed by atoms with Gasteiger partial charge in [-0.2, -0.15) is 5.26 Å². The van der Waals surface area contributed by atoms with Crippen molar-refractivity contribution >= 4 is 17.3 Å². The van der Waals surface area contributed by atoms with Gasteiger partial charge in [-0.25, -0.2) is 0 Å². The molecule has 0 aliphatic carbocycles. The molecular formula is C13H16ClN3. The number of halogens is 1. The molecule has 0 saturated carbocycles. The maximum atomic E-state index is 8.92. The molecule has 4 heteroatoms. The van der Waals surface area contributed by atoms with E-state index in [4.69, 9.17) is 16.9 Å². The normalized spacial score (nSPS) is 20.4. The molecule has 17 heavy (non-hydrogen) atoms. The molecule has 1 atom stereocenters. The molecule has 1 aliphatic heterocycles. The van der Waals surface area contributed by atoms with Crippen LogP contribution in [0.4, 0.5) is 5.69 Å². The van der Waals surface area contributed by atoms with Gasteiger partial charge in [0.05, 0.1) is 10.6 Å². The van der Waals surface area contributed by atoms with Crippen LogP contribution in [0.1, 0.15) is 24.8 Å². The third-order valence-electron chi connectivity index (χ3n) is 3.03. The maximum absolute atomic E-state index is 8.92. The average Bonchev–Trinajstić information content (AvgIpc) is 2.60. The smallest absolute Gasteiger partial charge is 0.101 e. The minimum absolute atomic E-state index is 0.484. The molecule has 2 N–H and O–H groups in total. The summed E-state index contributed by atoms with van der Waals surface area (Å²) in [5.74, 6) is 0. The van der Waals surface area contributed by atoms with Crippen LogP contribution in [0.5, 0.6) is 0 Å². The summed E-state index contributed by atoms with van der Waals surface area (Å²) in [6.07, 6.45) is 3.47. The number of nitrogens with zero attached hydrogens (tertiary/aromatic N) is 1. The molecule has 1 aromatic rings. The average molecular weight is 250 g/mol. The second-order valence-corrected chi connectivity index (χ2v) is 4.74. The molecule has 3 nitrogen and oxygen atoms in total. The van der Waals surface area contributed by atoms with Crippen LogP contribution in [-0.2, 0) is 0 Å². The Morgan fingerprint density at radius 1 is 1.35 bits per heavy atom. The lowest BCUT2D eigenvalue weighted by molar-refractivity contribution is 0.637. The van der Waals surface area contributed by atoms with E-state index in [2.05, 4.69) is 16.7 Å². The fraction of sp³-hybridized carbons (Fsp3) is 0.462. The fourth-order valence-electron chi connectivity index (χ4n) is 2.10. The van der Waals surface area contributed by atoms with Crippen molar-refractivity contribution in [2.24, 2.45) is 0 Å². The Kier molecular flexibility index (Phi) is 4.24. The third kappa shape index (κ3) is 3.36. The number of benzene rings is 1. The highest BCUT2D eigenvalue weighted by atomic mass is 35.5. The Morgan fingerprint density at radius 3 is 3.06 bits per heavy atom. The van der Waals surface area contributed by atoms with E-state index in [9.17, 15) is 0 Å². The second kappa shape index (κ2) is 5.90. The highest BCUT2D eigenvalue weighted by Crippen LogP contribution is 2.21. The Hall–Kier alpha value is -1.24. The van der Waals surface area contributed by atoms with E-state index in [1.165, 1.54) is 6.42 Å². The van der Waals surface area contributed by atoms with E-state index < -0.39 is 0 Å². The van der Waals surface area contributed by atoms with Gasteiger partial charge in [-0.15, -0.1) is 0 Å². The summed E-state index contributed by atoms with van der Waals surface area (Å²) in [4.78, 5) is 0. The second-order valence-electron chi connectivity index (χ2n) is 4.33. The summed E-state index contributed by atoms with van der Waals surface area (Å²) in [7, 11) is 0. The van der Waals surface area contributed by atoms with Crippen LogP contribution < -0.4 is 10.6 Å². The van der Waals surface area contributed by atoms with Gasteiger partial charge in [-0.3, -0.25) is 0 Å². The number of nitrogens with one attached hydrogen (secondary N) is 2. The molecule has 90 valence electrons. The molecule has 1 fully saturated rings. The van der Waals surface area contributed by atoms with Crippen molar-refractivity contribution in [1.82, 2.24) is 5.32 Å². The van der Waals surface area contributed by atoms with Crippen LogP contribution in [-0.4, -0.2) is 19.1 Å². The van der Waals surface area contributed by atoms with Crippen molar-refractivity contribution < 1.29 is 0 Å². The third-order valence-corrected chi connectivity index (χ3v) is 3.36. The van der Waals surface area contributed by atoms with Crippen molar-refractivity contribution in [3.05, 3.63) is 28.8 Å². The quantitative estimate of drug-likeness (QED) is 0.847. The van der Waals surface area contributed by atoms with Gasteiger partial charge in [0.15, 0.2) is 0 Å². The minimum Gasteiger partial charge on any atom is -0.382 e. The van der Waals surface area contributed by atoms with E-state index >= 15 is 0 Å². The molecule has 0 aromatic heterocycles. The van der Waals surface area contributed by atoms with Gasteiger partial charge in [0, 0.05) is 11.7 Å². The van der Waals surface area contributed by atoms with E-state index in [0.29, 0.717) is 16.6 Å². The molecule has 1 saturated heterocycles. The van der Waals surface area contributed by atoms with E-state index in [1.807, 2.05) is 12.1 Å². The molecular weight excluding hydrogens is 234 g/mol. The summed E-state index contributed by atoms with van der Waals surface area (Å²) in [6, 6.07) is 8.11. The van der Waals surface area contributed by atoms with Gasteiger partial charge >= 0.3 is 0 Å². The van der Waals surface area contributed by atoms with E-state index in [-0.39, 0.29) is 0 Å².